The SMILES string of the molecule is Cl.O[C@@H]1CN[C@@H](c2cccc(Br)c2)C1. The molecule has 0 aliphatic carbocycles. The fourth-order valence-corrected chi connectivity index (χ4v) is 2.11. The Morgan fingerprint density at radius 1 is 1.43 bits per heavy atom. The molecule has 2 N–H and O–H groups in total. The summed E-state index contributed by atoms with van der Waals surface area (Å²) in [6, 6.07) is 8.52. The number of β-amino-alcohol motifs (C(OH)–C–C–N with tert-alkyl or cyclic N) is 1. The van der Waals surface area contributed by atoms with Gasteiger partial charge in [-0.1, -0.05) is 28.1 Å². The molecule has 0 spiro atoms. The first-order valence-electron chi connectivity index (χ1n) is 4.42. The lowest BCUT2D eigenvalue weighted by Crippen LogP contribution is -2.14. The van der Waals surface area contributed by atoms with Crippen molar-refractivity contribution in [3.8, 4) is 0 Å². The maximum Gasteiger partial charge on any atom is 0.0682 e. The van der Waals surface area contributed by atoms with Gasteiger partial charge in [-0.3, -0.25) is 0 Å². The van der Waals surface area contributed by atoms with Gasteiger partial charge in [0.25, 0.3) is 0 Å². The second-order valence-corrected chi connectivity index (χ2v) is 4.32. The number of hydrogen-bond acceptors (Lipinski definition) is 2. The molecule has 1 heterocycles. The Bertz CT molecular complexity index is 308. The number of halogens is 2. The second kappa shape index (κ2) is 5.12. The Morgan fingerprint density at radius 2 is 2.21 bits per heavy atom. The summed E-state index contributed by atoms with van der Waals surface area (Å²) in [7, 11) is 0. The van der Waals surface area contributed by atoms with E-state index in [1.165, 1.54) is 5.56 Å². The summed E-state index contributed by atoms with van der Waals surface area (Å²) in [5.41, 5.74) is 1.24. The molecule has 1 aromatic carbocycles. The van der Waals surface area contributed by atoms with Crippen molar-refractivity contribution in [3.63, 3.8) is 0 Å². The fourth-order valence-electron chi connectivity index (χ4n) is 1.69. The lowest BCUT2D eigenvalue weighted by atomic mass is 10.1. The summed E-state index contributed by atoms with van der Waals surface area (Å²) in [6.45, 7) is 0.706. The van der Waals surface area contributed by atoms with Gasteiger partial charge in [0.05, 0.1) is 6.10 Å². The predicted octanol–water partition coefficient (Wildman–Crippen LogP) is 2.27. The molecule has 0 saturated carbocycles. The zero-order chi connectivity index (χ0) is 9.26. The lowest BCUT2D eigenvalue weighted by molar-refractivity contribution is 0.193. The zero-order valence-corrected chi connectivity index (χ0v) is 10.0. The predicted molar refractivity (Wildman–Crippen MR) is 62.8 cm³/mol. The highest BCUT2D eigenvalue weighted by Gasteiger charge is 2.22. The third-order valence-electron chi connectivity index (χ3n) is 2.36. The maximum absolute atomic E-state index is 9.36. The molecule has 4 heteroatoms. The Hall–Kier alpha value is -0.0900. The van der Waals surface area contributed by atoms with E-state index in [1.54, 1.807) is 0 Å². The van der Waals surface area contributed by atoms with E-state index < -0.39 is 0 Å². The van der Waals surface area contributed by atoms with Crippen molar-refractivity contribution in [2.24, 2.45) is 0 Å². The lowest BCUT2D eigenvalue weighted by Gasteiger charge is -2.10. The molecule has 0 radical (unpaired) electrons. The molecule has 1 aliphatic heterocycles. The van der Waals surface area contributed by atoms with Gasteiger partial charge in [-0.15, -0.1) is 12.4 Å². The molecule has 2 atom stereocenters. The maximum atomic E-state index is 9.36. The van der Waals surface area contributed by atoms with Gasteiger partial charge in [-0.25, -0.2) is 0 Å². The highest BCUT2D eigenvalue weighted by Crippen LogP contribution is 2.25. The van der Waals surface area contributed by atoms with E-state index >= 15 is 0 Å². The van der Waals surface area contributed by atoms with Crippen LogP contribution in [0.3, 0.4) is 0 Å². The van der Waals surface area contributed by atoms with Crippen molar-refractivity contribution >= 4 is 28.3 Å². The average Bonchev–Trinajstić information content (AvgIpc) is 2.52. The Kier molecular flexibility index (Phi) is 4.38. The zero-order valence-electron chi connectivity index (χ0n) is 7.61. The van der Waals surface area contributed by atoms with Gasteiger partial charge in [0, 0.05) is 17.1 Å². The van der Waals surface area contributed by atoms with Crippen LogP contribution in [0.15, 0.2) is 28.7 Å². The van der Waals surface area contributed by atoms with Crippen LogP contribution in [0.5, 0.6) is 0 Å². The molecule has 2 nitrogen and oxygen atoms in total. The van der Waals surface area contributed by atoms with Crippen LogP contribution >= 0.6 is 28.3 Å². The molecule has 0 unspecified atom stereocenters. The molecule has 1 aromatic rings. The van der Waals surface area contributed by atoms with Crippen LogP contribution in [0.1, 0.15) is 18.0 Å². The van der Waals surface area contributed by atoms with E-state index in [0.29, 0.717) is 12.6 Å². The summed E-state index contributed by atoms with van der Waals surface area (Å²) in [6.07, 6.45) is 0.625. The molecular formula is C10H13BrClNO. The number of hydrogen-bond donors (Lipinski definition) is 2. The number of aliphatic hydroxyl groups is 1. The van der Waals surface area contributed by atoms with Gasteiger partial charge in [-0.05, 0) is 24.1 Å². The molecule has 0 bridgehead atoms. The average molecular weight is 279 g/mol. The van der Waals surface area contributed by atoms with Crippen LogP contribution in [0, 0.1) is 0 Å². The summed E-state index contributed by atoms with van der Waals surface area (Å²) in [5.74, 6) is 0. The first kappa shape index (κ1) is 12.0. The molecule has 14 heavy (non-hydrogen) atoms. The third kappa shape index (κ3) is 2.70. The van der Waals surface area contributed by atoms with E-state index in [-0.39, 0.29) is 18.5 Å². The normalized spacial score (nSPS) is 25.9. The second-order valence-electron chi connectivity index (χ2n) is 3.41. The first-order chi connectivity index (χ1) is 6.25. The van der Waals surface area contributed by atoms with Crippen LogP contribution < -0.4 is 5.32 Å². The summed E-state index contributed by atoms with van der Waals surface area (Å²) >= 11 is 3.43. The number of nitrogens with one attached hydrogen (secondary N) is 1. The van der Waals surface area contributed by atoms with Gasteiger partial charge in [-0.2, -0.15) is 0 Å². The van der Waals surface area contributed by atoms with Crippen molar-refractivity contribution in [3.05, 3.63) is 34.3 Å². The Balaban J connectivity index is 0.000000980. The quantitative estimate of drug-likeness (QED) is 0.826. The topological polar surface area (TPSA) is 32.3 Å². The minimum Gasteiger partial charge on any atom is -0.392 e. The summed E-state index contributed by atoms with van der Waals surface area (Å²) < 4.78 is 1.09. The minimum atomic E-state index is -0.191. The van der Waals surface area contributed by atoms with Crippen molar-refractivity contribution in [1.29, 1.82) is 0 Å². The van der Waals surface area contributed by atoms with Crippen molar-refractivity contribution in [1.82, 2.24) is 5.32 Å². The van der Waals surface area contributed by atoms with Crippen molar-refractivity contribution in [2.75, 3.05) is 6.54 Å². The molecule has 2 rings (SSSR count). The molecule has 1 aliphatic rings. The smallest absolute Gasteiger partial charge is 0.0682 e. The summed E-state index contributed by atoms with van der Waals surface area (Å²) in [4.78, 5) is 0. The Labute approximate surface area is 98.3 Å². The molecule has 1 saturated heterocycles. The van der Waals surface area contributed by atoms with Crippen LogP contribution in [0.25, 0.3) is 0 Å². The van der Waals surface area contributed by atoms with Crippen molar-refractivity contribution in [2.45, 2.75) is 18.6 Å². The van der Waals surface area contributed by atoms with Gasteiger partial charge in [0.15, 0.2) is 0 Å². The van der Waals surface area contributed by atoms with E-state index in [0.717, 1.165) is 10.9 Å². The first-order valence-corrected chi connectivity index (χ1v) is 5.22. The van der Waals surface area contributed by atoms with Crippen LogP contribution in [0.4, 0.5) is 0 Å². The molecule has 0 aromatic heterocycles. The number of aliphatic hydroxyl groups excluding tert-OH is 1. The van der Waals surface area contributed by atoms with E-state index in [9.17, 15) is 5.11 Å². The monoisotopic (exact) mass is 277 g/mol. The van der Waals surface area contributed by atoms with E-state index in [4.69, 9.17) is 0 Å². The van der Waals surface area contributed by atoms with Gasteiger partial charge in [0.1, 0.15) is 0 Å². The molecular weight excluding hydrogens is 265 g/mol. The number of benzene rings is 1. The highest BCUT2D eigenvalue weighted by molar-refractivity contribution is 9.10. The van der Waals surface area contributed by atoms with Crippen molar-refractivity contribution < 1.29 is 5.11 Å². The summed E-state index contributed by atoms with van der Waals surface area (Å²) in [5, 5.41) is 12.6. The number of rotatable bonds is 1. The molecule has 1 fully saturated rings. The minimum absolute atomic E-state index is 0. The highest BCUT2D eigenvalue weighted by atomic mass is 79.9. The van der Waals surface area contributed by atoms with Gasteiger partial charge >= 0.3 is 0 Å². The molecule has 0 amide bonds. The van der Waals surface area contributed by atoms with Crippen LogP contribution in [-0.2, 0) is 0 Å². The van der Waals surface area contributed by atoms with Gasteiger partial charge in [0.2, 0.25) is 0 Å². The van der Waals surface area contributed by atoms with Crippen LogP contribution in [-0.4, -0.2) is 17.8 Å². The Morgan fingerprint density at radius 3 is 2.79 bits per heavy atom. The van der Waals surface area contributed by atoms with Gasteiger partial charge < -0.3 is 10.4 Å². The third-order valence-corrected chi connectivity index (χ3v) is 2.85. The van der Waals surface area contributed by atoms with Crippen LogP contribution in [0.2, 0.25) is 0 Å². The molecule has 78 valence electrons. The largest absolute Gasteiger partial charge is 0.392 e. The van der Waals surface area contributed by atoms with E-state index in [1.807, 2.05) is 12.1 Å². The standard InChI is InChI=1S/C10H12BrNO.ClH/c11-8-3-1-2-7(4-8)10-5-9(13)6-12-10;/h1-4,9-10,12-13H,5-6H2;1H/t9-,10+;/m0./s1. The van der Waals surface area contributed by atoms with E-state index in [2.05, 4.69) is 33.4 Å². The fraction of sp³-hybridized carbons (Fsp3) is 0.400.